The largest absolute Gasteiger partial charge is 0.458 e. The molecule has 500 valence electrons. The molecule has 0 bridgehead atoms. The summed E-state index contributed by atoms with van der Waals surface area (Å²) in [7, 11) is 5.39. The van der Waals surface area contributed by atoms with Crippen LogP contribution in [0.15, 0.2) is 78.4 Å². The van der Waals surface area contributed by atoms with Crippen molar-refractivity contribution in [3.63, 3.8) is 0 Å². The average Bonchev–Trinajstić information content (AvgIpc) is 1.59. The molecule has 9 atom stereocenters. The SMILES string of the molecule is CN[C@@H](CC(C)(C)F)C(=O)O[C@H](CC1=CCC(N2CCOCC2)C=C1)C(=O)N(C)[C@@H](CC(C)C)C(=O)OC(C)C(=O)N(C)C(CC(C)(C)F)C(=O)OC(Cc1ccc(N2CCOCC2)cc1)C(=O)N(C)[C@@H](CC(C)C)C(=O)OC(C)C(=O)OCc1ccccc1. The fourth-order valence-corrected chi connectivity index (χ4v) is 10.9. The summed E-state index contributed by atoms with van der Waals surface area (Å²) < 4.78 is 71.0. The molecule has 2 fully saturated rings. The van der Waals surface area contributed by atoms with Gasteiger partial charge in [0.1, 0.15) is 42.1 Å². The highest BCUT2D eigenvalue weighted by atomic mass is 19.1. The maximum atomic E-state index is 16.0. The molecule has 2 aliphatic heterocycles. The lowest BCUT2D eigenvalue weighted by atomic mass is 9.96. The Morgan fingerprint density at radius 2 is 1.08 bits per heavy atom. The summed E-state index contributed by atoms with van der Waals surface area (Å²) in [4.78, 5) is 122. The second-order valence-electron chi connectivity index (χ2n) is 25.7. The van der Waals surface area contributed by atoms with Gasteiger partial charge in [0.25, 0.3) is 17.7 Å². The van der Waals surface area contributed by atoms with Crippen molar-refractivity contribution in [2.24, 2.45) is 11.8 Å². The summed E-state index contributed by atoms with van der Waals surface area (Å²) >= 11 is 0. The summed E-state index contributed by atoms with van der Waals surface area (Å²) in [5, 5.41) is 2.79. The second-order valence-corrected chi connectivity index (χ2v) is 25.7. The molecule has 0 saturated carbocycles. The van der Waals surface area contributed by atoms with Crippen LogP contribution in [0, 0.1) is 11.8 Å². The van der Waals surface area contributed by atoms with Crippen molar-refractivity contribution in [3.05, 3.63) is 89.5 Å². The second kappa shape index (κ2) is 34.6. The summed E-state index contributed by atoms with van der Waals surface area (Å²) in [6.07, 6.45) is -0.841. The number of rotatable bonds is 32. The van der Waals surface area contributed by atoms with Gasteiger partial charge < -0.3 is 58.1 Å². The van der Waals surface area contributed by atoms with E-state index < -0.39 is 114 Å². The molecule has 3 amide bonds. The number of hydrogen-bond donors (Lipinski definition) is 1. The van der Waals surface area contributed by atoms with Crippen molar-refractivity contribution in [1.29, 1.82) is 0 Å². The van der Waals surface area contributed by atoms with Crippen molar-refractivity contribution in [2.75, 3.05) is 85.7 Å². The van der Waals surface area contributed by atoms with E-state index in [1.54, 1.807) is 36.4 Å². The van der Waals surface area contributed by atoms with Crippen molar-refractivity contribution >= 4 is 53.3 Å². The number of benzene rings is 2. The number of esters is 5. The van der Waals surface area contributed by atoms with E-state index >= 15 is 4.39 Å². The van der Waals surface area contributed by atoms with E-state index in [4.69, 9.17) is 33.2 Å². The molecular formula is C67H98F2N6O15. The van der Waals surface area contributed by atoms with E-state index in [1.165, 1.54) is 69.7 Å². The van der Waals surface area contributed by atoms with Crippen LogP contribution in [0.4, 0.5) is 14.5 Å². The van der Waals surface area contributed by atoms with Gasteiger partial charge in [-0.2, -0.15) is 0 Å². The third kappa shape index (κ3) is 23.1. The lowest BCUT2D eigenvalue weighted by Crippen LogP contribution is -2.54. The maximum absolute atomic E-state index is 16.0. The Bertz CT molecular complexity index is 2760. The molecule has 5 rings (SSSR count). The number of halogens is 2. The minimum atomic E-state index is -2.14. The molecule has 0 radical (unpaired) electrons. The van der Waals surface area contributed by atoms with Crippen molar-refractivity contribution < 1.29 is 80.3 Å². The molecule has 23 heteroatoms. The molecule has 21 nitrogen and oxygen atoms in total. The molecule has 90 heavy (non-hydrogen) atoms. The van der Waals surface area contributed by atoms with E-state index in [0.717, 1.165) is 33.5 Å². The highest BCUT2D eigenvalue weighted by Crippen LogP contribution is 2.28. The lowest BCUT2D eigenvalue weighted by molar-refractivity contribution is -0.176. The molecule has 2 aromatic rings. The molecule has 0 aromatic heterocycles. The zero-order valence-corrected chi connectivity index (χ0v) is 55.2. The first-order valence-corrected chi connectivity index (χ1v) is 31.3. The minimum absolute atomic E-state index is 0.0262. The molecule has 1 N–H and O–H groups in total. The standard InChI is InChI=1S/C67H98F2N6O15/c1-43(2)36-53(71(12)59(77)56(89-62(80)52(70-11)40-66(7,8)68)38-47-20-24-50(25-21-47)74-28-32-84-33-29-74)63(81)87-45(5)58(76)73(14)55(41-67(9,10)69)65(83)90-57(39-48-22-26-51(27-23-48)75-30-34-85-35-31-75)60(78)72(13)54(37-44(3)4)64(82)88-46(6)61(79)86-42-49-18-16-15-17-19-49/h15-24,26-27,43-46,50,52-57,70H,25,28-42H2,1-14H3/t45?,46?,50?,52-,53-,54-,55?,56+,57?/m0/s1. The molecule has 2 aromatic carbocycles. The van der Waals surface area contributed by atoms with Gasteiger partial charge in [0.15, 0.2) is 24.4 Å². The van der Waals surface area contributed by atoms with Crippen molar-refractivity contribution in [1.82, 2.24) is 24.9 Å². The number of carbonyl (C=O) groups is 8. The summed E-state index contributed by atoms with van der Waals surface area (Å²) in [6, 6.07) is 10.8. The number of anilines is 1. The van der Waals surface area contributed by atoms with Crippen LogP contribution < -0.4 is 10.2 Å². The summed E-state index contributed by atoms with van der Waals surface area (Å²) in [5.74, 6) is -7.83. The van der Waals surface area contributed by atoms with Crippen LogP contribution in [0.1, 0.15) is 119 Å². The Hall–Kier alpha value is -6.82. The number of nitrogens with zero attached hydrogens (tertiary/aromatic N) is 5. The average molecular weight is 1270 g/mol. The number of allylic oxidation sites excluding steroid dienone is 1. The van der Waals surface area contributed by atoms with Gasteiger partial charge in [0, 0.05) is 84.7 Å². The quantitative estimate of drug-likeness (QED) is 0.0579. The number of likely N-dealkylation sites (N-methyl/N-ethyl adjacent to an activating group) is 4. The number of carbonyl (C=O) groups excluding carboxylic acids is 8. The summed E-state index contributed by atoms with van der Waals surface area (Å²) in [6.45, 7) is 19.9. The lowest BCUT2D eigenvalue weighted by Gasteiger charge is -2.35. The first kappa shape index (κ1) is 73.9. The van der Waals surface area contributed by atoms with Crippen LogP contribution in [-0.2, 0) is 84.5 Å². The Morgan fingerprint density at radius 1 is 0.589 bits per heavy atom. The molecular weight excluding hydrogens is 1170 g/mol. The van der Waals surface area contributed by atoms with E-state index in [1.807, 2.05) is 64.1 Å². The van der Waals surface area contributed by atoms with Crippen LogP contribution in [0.5, 0.6) is 0 Å². The van der Waals surface area contributed by atoms with E-state index in [-0.39, 0.29) is 56.6 Å². The van der Waals surface area contributed by atoms with Gasteiger partial charge in [-0.05, 0) is 109 Å². The predicted octanol–water partition coefficient (Wildman–Crippen LogP) is 6.91. The topological polar surface area (TPSA) is 229 Å². The van der Waals surface area contributed by atoms with E-state index in [0.29, 0.717) is 62.6 Å². The molecule has 3 aliphatic rings. The Labute approximate surface area is 530 Å². The number of nitrogens with one attached hydrogen (secondary N) is 1. The van der Waals surface area contributed by atoms with Crippen LogP contribution in [0.2, 0.25) is 0 Å². The molecule has 2 heterocycles. The number of hydrogen-bond acceptors (Lipinski definition) is 18. The van der Waals surface area contributed by atoms with Gasteiger partial charge in [0.2, 0.25) is 0 Å². The zero-order valence-electron chi connectivity index (χ0n) is 55.2. The van der Waals surface area contributed by atoms with Crippen molar-refractivity contribution in [2.45, 2.75) is 187 Å². The first-order valence-electron chi connectivity index (χ1n) is 31.3. The number of morpholine rings is 2. The first-order chi connectivity index (χ1) is 42.4. The van der Waals surface area contributed by atoms with Crippen LogP contribution in [-0.4, -0.2) is 214 Å². The van der Waals surface area contributed by atoms with Gasteiger partial charge in [0.05, 0.1) is 26.4 Å². The fourth-order valence-electron chi connectivity index (χ4n) is 10.9. The molecule has 5 unspecified atom stereocenters. The van der Waals surface area contributed by atoms with Gasteiger partial charge in [-0.15, -0.1) is 0 Å². The van der Waals surface area contributed by atoms with Crippen LogP contribution in [0.3, 0.4) is 0 Å². The van der Waals surface area contributed by atoms with Gasteiger partial charge >= 0.3 is 29.8 Å². The maximum Gasteiger partial charge on any atom is 0.347 e. The third-order valence-electron chi connectivity index (χ3n) is 16.0. The molecule has 0 spiro atoms. The van der Waals surface area contributed by atoms with Crippen molar-refractivity contribution in [3.8, 4) is 0 Å². The van der Waals surface area contributed by atoms with E-state index in [9.17, 15) is 42.7 Å². The smallest absolute Gasteiger partial charge is 0.347 e. The third-order valence-corrected chi connectivity index (χ3v) is 16.0. The molecule has 1 aliphatic carbocycles. The van der Waals surface area contributed by atoms with Gasteiger partial charge in [-0.1, -0.05) is 88.4 Å². The zero-order chi connectivity index (χ0) is 66.6. The Balaban J connectivity index is 1.39. The fraction of sp³-hybridized carbons (Fsp3) is 0.642. The number of alkyl halides is 2. The summed E-state index contributed by atoms with van der Waals surface area (Å²) in [5.41, 5.74) is -1.07. The molecule has 2 saturated heterocycles. The highest BCUT2D eigenvalue weighted by Gasteiger charge is 2.43. The highest BCUT2D eigenvalue weighted by molar-refractivity contribution is 5.93. The van der Waals surface area contributed by atoms with Crippen LogP contribution >= 0.6 is 0 Å². The Kier molecular flexibility index (Phi) is 28.4. The minimum Gasteiger partial charge on any atom is -0.458 e. The predicted molar refractivity (Wildman–Crippen MR) is 334 cm³/mol. The monoisotopic (exact) mass is 1260 g/mol. The Morgan fingerprint density at radius 3 is 1.58 bits per heavy atom. The number of amides is 3. The number of ether oxygens (including phenoxy) is 7. The van der Waals surface area contributed by atoms with Gasteiger partial charge in [-0.25, -0.2) is 28.0 Å². The van der Waals surface area contributed by atoms with E-state index in [2.05, 4.69) is 15.1 Å². The van der Waals surface area contributed by atoms with Gasteiger partial charge in [-0.3, -0.25) is 24.1 Å². The van der Waals surface area contributed by atoms with Crippen LogP contribution in [0.25, 0.3) is 0 Å². The normalized spacial score (nSPS) is 18.4.